The highest BCUT2D eigenvalue weighted by Gasteiger charge is 2.45. The molecule has 0 bridgehead atoms. The molecule has 3 fully saturated rings. The second-order valence-corrected chi connectivity index (χ2v) is 36.5. The van der Waals surface area contributed by atoms with Gasteiger partial charge in [-0.3, -0.25) is 81.5 Å². The molecule has 16 amide bonds. The largest absolute Gasteiger partial charge is 0.481 e. The Labute approximate surface area is 779 Å². The number of carbonyl (C=O) groups excluding carboxylic acids is 16. The van der Waals surface area contributed by atoms with Crippen molar-refractivity contribution in [1.29, 1.82) is 0 Å². The van der Waals surface area contributed by atoms with Crippen LogP contribution >= 0.6 is 11.8 Å². The van der Waals surface area contributed by atoms with Gasteiger partial charge in [-0.2, -0.15) is 0 Å². The fourth-order valence-corrected chi connectivity index (χ4v) is 16.5. The second-order valence-electron chi connectivity index (χ2n) is 35.5. The average molecular weight is 1860 g/mol. The van der Waals surface area contributed by atoms with E-state index in [-0.39, 0.29) is 70.0 Å². The number of nitrogens with zero attached hydrogens (tertiary/aromatic N) is 4. The van der Waals surface area contributed by atoms with Crippen LogP contribution in [-0.4, -0.2) is 290 Å². The van der Waals surface area contributed by atoms with Crippen LogP contribution in [0.4, 0.5) is 0 Å². The zero-order valence-electron chi connectivity index (χ0n) is 77.4. The summed E-state index contributed by atoms with van der Waals surface area (Å²) in [6.07, 6.45) is -3.59. The number of carboxylic acids is 1. The third-order valence-electron chi connectivity index (χ3n) is 23.7. The molecule has 3 aliphatic rings. The summed E-state index contributed by atoms with van der Waals surface area (Å²) >= 11 is 0.809. The average Bonchev–Trinajstić information content (AvgIpc) is 1.71. The van der Waals surface area contributed by atoms with E-state index in [2.05, 4.69) is 63.8 Å². The first-order valence-electron chi connectivity index (χ1n) is 45.0. The van der Waals surface area contributed by atoms with Crippen LogP contribution < -0.4 is 69.5 Å². The van der Waals surface area contributed by atoms with Gasteiger partial charge in [-0.15, -0.1) is 11.8 Å². The van der Waals surface area contributed by atoms with Crippen LogP contribution in [-0.2, 0) is 101 Å². The normalized spacial score (nSPS) is 24.2. The number of aliphatic carboxylic acids is 1. The van der Waals surface area contributed by atoms with E-state index in [1.807, 2.05) is 81.4 Å². The van der Waals surface area contributed by atoms with Crippen LogP contribution in [0.15, 0.2) is 140 Å². The van der Waals surface area contributed by atoms with Crippen LogP contribution in [0.1, 0.15) is 144 Å². The number of aliphatic hydroxyl groups is 2. The van der Waals surface area contributed by atoms with Gasteiger partial charge in [0, 0.05) is 64.2 Å². The summed E-state index contributed by atoms with van der Waals surface area (Å²) in [5, 5.41) is 64.6. The Bertz CT molecular complexity index is 4890. The molecule has 8 rings (SSSR count). The molecule has 0 spiro atoms. The second kappa shape index (κ2) is 50.3. The Kier molecular flexibility index (Phi) is 39.9. The van der Waals surface area contributed by atoms with E-state index in [1.165, 1.54) is 46.7 Å². The molecule has 0 radical (unpaired) electrons. The number of nitrogens with two attached hydrogens (primary N) is 1. The summed E-state index contributed by atoms with van der Waals surface area (Å²) in [6.45, 7) is 15.3. The maximum absolute atomic E-state index is 15.3. The van der Waals surface area contributed by atoms with Crippen molar-refractivity contribution in [3.05, 3.63) is 156 Å². The first kappa shape index (κ1) is 106. The van der Waals surface area contributed by atoms with E-state index < -0.39 is 234 Å². The summed E-state index contributed by atoms with van der Waals surface area (Å²) in [5.41, 5.74) is 10.4. The quantitative estimate of drug-likeness (QED) is 0.0380. The van der Waals surface area contributed by atoms with Gasteiger partial charge < -0.3 is 104 Å². The molecule has 3 saturated heterocycles. The minimum atomic E-state index is -1.93. The van der Waals surface area contributed by atoms with E-state index in [9.17, 15) is 77.6 Å². The van der Waals surface area contributed by atoms with Gasteiger partial charge in [0.15, 0.2) is 0 Å². The molecule has 720 valence electrons. The van der Waals surface area contributed by atoms with Crippen molar-refractivity contribution in [3.8, 4) is 22.3 Å². The predicted molar refractivity (Wildman–Crippen MR) is 496 cm³/mol. The summed E-state index contributed by atoms with van der Waals surface area (Å²) in [4.78, 5) is 250. The Morgan fingerprint density at radius 1 is 0.489 bits per heavy atom. The number of carbonyl (C=O) groups is 17. The molecule has 16 atom stereocenters. The first-order chi connectivity index (χ1) is 63.0. The Morgan fingerprint density at radius 3 is 1.40 bits per heavy atom. The molecular weight excluding hydrogens is 1730 g/mol. The van der Waals surface area contributed by atoms with Crippen LogP contribution in [0.2, 0.25) is 0 Å². The first-order valence-corrected chi connectivity index (χ1v) is 46.1. The van der Waals surface area contributed by atoms with Gasteiger partial charge in [-0.1, -0.05) is 153 Å². The van der Waals surface area contributed by atoms with Crippen molar-refractivity contribution in [2.75, 3.05) is 51.8 Å². The molecule has 3 aliphatic heterocycles. The molecule has 38 heteroatoms. The van der Waals surface area contributed by atoms with Gasteiger partial charge >= 0.3 is 5.97 Å². The van der Waals surface area contributed by atoms with Crippen molar-refractivity contribution >= 4 is 112 Å². The highest BCUT2D eigenvalue weighted by Crippen LogP contribution is 2.27. The van der Waals surface area contributed by atoms with Gasteiger partial charge in [0.1, 0.15) is 84.6 Å². The number of hydrogen-bond donors (Lipinski definition) is 16. The number of hydrogen-bond acceptors (Lipinski definition) is 21. The molecule has 3 heterocycles. The molecule has 0 unspecified atom stereocenters. The Morgan fingerprint density at radius 2 is 0.917 bits per heavy atom. The number of aliphatic hydroxyl groups excluding tert-OH is 2. The third kappa shape index (κ3) is 31.5. The number of amides is 16. The Balaban J connectivity index is 1.13. The number of carboxylic acid groups (broad SMARTS) is 1. The minimum Gasteiger partial charge on any atom is -0.481 e. The van der Waals surface area contributed by atoms with Crippen molar-refractivity contribution in [2.24, 2.45) is 11.7 Å². The number of benzene rings is 5. The third-order valence-corrected chi connectivity index (χ3v) is 24.7. The van der Waals surface area contributed by atoms with Gasteiger partial charge in [-0.25, -0.2) is 0 Å². The molecule has 133 heavy (non-hydrogen) atoms. The zero-order chi connectivity index (χ0) is 97.7. The standard InChI is InChI=1S/C95H129N17O20S/c1-54(2)78-94(132)112-47-25-34-74(112)88(126)107-80(59(7)114)90(128)108-79(58(6)113)89(127)104-71(50-62-37-41-66(42-38-62)64-30-20-15-21-31-64)93(131)110(12)57(5)83(121)103-70(49-61-35-39-65(40-36-61)63-28-18-14-19-29-63)92(130)109(11)56(4)82(120)102-68(43-44-77(117)118)85(123)99-55(3)91(129)111-46-24-33-73(111)87(125)105-72(52-133-53-76(116)101-69(86(124)106-78)48-60-26-16-13-17-27-60)84(122)97-51-75(115)100-67(81(96)119)32-22-23-45-98-95(8,9)10/h13-21,26-31,35-42,54-59,67-74,78-80,98,113-114H,22-25,32-34,43-53H2,1-12H3,(H2,96,119)(H,97,122)(H,99,123)(H,100,115)(H,101,116)(H,102,120)(H,103,121)(H,104,127)(H,105,125)(H,106,124)(H,107,126)(H,108,128)(H,117,118)/t55-,56-,57-,58+,59+,67-,68-,69-,70-,71-,72-,73-,74-,78-,79-,80-/m0/s1. The smallest absolute Gasteiger partial charge is 0.303 e. The predicted octanol–water partition coefficient (Wildman–Crippen LogP) is 0.781. The SMILES string of the molecule is CC(C)[C@@H]1NC(=O)[C@H](Cc2ccccc2)NC(=O)CSC[C@@H](C(=O)NCC(=O)N[C@@H](CCCCNC(C)(C)C)C(N)=O)NC(=O)[C@@H]2CCCN2C(=O)[C@H](C)NC(=O)[C@H](CCC(=O)O)NC(=O)[C@H](C)N(C)C(=O)[C@H](Cc2ccc(-c3ccccc3)cc2)NC(=O)[C@H](C)N(C)C(=O)[C@H](Cc2ccc(-c3ccccc3)cc2)NC(=O)[C@H]([C@@H](C)O)NC(=O)[C@H]([C@@H](C)O)NC(=O)[C@@H]2CCCN2C1=O. The number of unbranched alkanes of at least 4 members (excludes halogenated alkanes) is 1. The van der Waals surface area contributed by atoms with E-state index in [4.69, 9.17) is 5.73 Å². The summed E-state index contributed by atoms with van der Waals surface area (Å²) in [7, 11) is 2.51. The maximum Gasteiger partial charge on any atom is 0.303 e. The number of primary amides is 1. The van der Waals surface area contributed by atoms with E-state index in [1.54, 1.807) is 92.7 Å². The minimum absolute atomic E-state index is 0.0140. The van der Waals surface area contributed by atoms with Crippen LogP contribution in [0.3, 0.4) is 0 Å². The Hall–Kier alpha value is -12.7. The van der Waals surface area contributed by atoms with Crippen LogP contribution in [0, 0.1) is 5.92 Å². The molecular formula is C95H129N17O20S. The summed E-state index contributed by atoms with van der Waals surface area (Å²) in [6, 6.07) is 19.9. The molecule has 5 aromatic rings. The number of rotatable bonds is 24. The maximum atomic E-state index is 15.3. The lowest BCUT2D eigenvalue weighted by Gasteiger charge is -2.33. The molecule has 0 aromatic heterocycles. The molecule has 0 saturated carbocycles. The fraction of sp³-hybridized carbons (Fsp3) is 0.505. The lowest BCUT2D eigenvalue weighted by Crippen LogP contribution is -2.63. The van der Waals surface area contributed by atoms with Crippen molar-refractivity contribution in [3.63, 3.8) is 0 Å². The number of likely N-dealkylation sites (N-methyl/N-ethyl adjacent to an activating group) is 2. The van der Waals surface area contributed by atoms with Gasteiger partial charge in [0.2, 0.25) is 94.5 Å². The summed E-state index contributed by atoms with van der Waals surface area (Å²) in [5.74, 6) is -17.7. The highest BCUT2D eigenvalue weighted by molar-refractivity contribution is 8.00. The number of fused-ring (bicyclic) bond motifs is 2. The van der Waals surface area contributed by atoms with Gasteiger partial charge in [0.25, 0.3) is 0 Å². The molecule has 17 N–H and O–H groups in total. The molecule has 5 aromatic carbocycles. The number of thioether (sulfide) groups is 1. The topological polar surface area (TPSA) is 534 Å². The van der Waals surface area contributed by atoms with Gasteiger partial charge in [-0.05, 0) is 158 Å². The lowest BCUT2D eigenvalue weighted by atomic mass is 9.99. The van der Waals surface area contributed by atoms with Crippen LogP contribution in [0.25, 0.3) is 22.3 Å². The van der Waals surface area contributed by atoms with Crippen LogP contribution in [0.5, 0.6) is 0 Å². The summed E-state index contributed by atoms with van der Waals surface area (Å²) < 4.78 is 0. The molecule has 0 aliphatic carbocycles. The fourth-order valence-electron chi connectivity index (χ4n) is 15.7. The van der Waals surface area contributed by atoms with Gasteiger partial charge in [0.05, 0.1) is 24.5 Å². The van der Waals surface area contributed by atoms with Crippen molar-refractivity contribution in [2.45, 2.75) is 249 Å². The lowest BCUT2D eigenvalue weighted by molar-refractivity contribution is -0.145. The monoisotopic (exact) mass is 1860 g/mol. The van der Waals surface area contributed by atoms with Crippen molar-refractivity contribution < 1.29 is 96.8 Å². The van der Waals surface area contributed by atoms with E-state index >= 15 is 19.2 Å². The van der Waals surface area contributed by atoms with Crippen molar-refractivity contribution in [1.82, 2.24) is 83.4 Å². The number of nitrogens with one attached hydrogen (secondary N) is 12. The molecule has 37 nitrogen and oxygen atoms in total. The van der Waals surface area contributed by atoms with E-state index in [0.29, 0.717) is 36.1 Å². The zero-order valence-corrected chi connectivity index (χ0v) is 78.2. The van der Waals surface area contributed by atoms with E-state index in [0.717, 1.165) is 55.6 Å². The highest BCUT2D eigenvalue weighted by atomic mass is 32.2.